The molecule has 2 heteroatoms. The number of benzene rings is 1. The molecular formula is C14H16N2. The largest absolute Gasteiger partial charge is 0.382 e. The van der Waals surface area contributed by atoms with E-state index in [1.165, 1.54) is 25.7 Å². The monoisotopic (exact) mass is 212 g/mol. The molecule has 3 rings (SSSR count). The van der Waals surface area contributed by atoms with Crippen LogP contribution in [-0.2, 0) is 0 Å². The van der Waals surface area contributed by atoms with Gasteiger partial charge in [0.15, 0.2) is 0 Å². The lowest BCUT2D eigenvalue weighted by Gasteiger charge is -2.24. The zero-order valence-corrected chi connectivity index (χ0v) is 9.32. The van der Waals surface area contributed by atoms with Gasteiger partial charge in [-0.3, -0.25) is 0 Å². The van der Waals surface area contributed by atoms with E-state index in [0.29, 0.717) is 6.04 Å². The summed E-state index contributed by atoms with van der Waals surface area (Å²) in [6.07, 6.45) is 5.55. The lowest BCUT2D eigenvalue weighted by Crippen LogP contribution is -2.25. The zero-order valence-electron chi connectivity index (χ0n) is 9.32. The number of nitrogens with one attached hydrogen (secondary N) is 1. The van der Waals surface area contributed by atoms with Gasteiger partial charge in [-0.1, -0.05) is 12.5 Å². The van der Waals surface area contributed by atoms with E-state index in [-0.39, 0.29) is 0 Å². The molecule has 0 aliphatic heterocycles. The summed E-state index contributed by atoms with van der Waals surface area (Å²) in [7, 11) is 0. The molecule has 2 aliphatic rings. The quantitative estimate of drug-likeness (QED) is 0.817. The summed E-state index contributed by atoms with van der Waals surface area (Å²) < 4.78 is 0. The highest BCUT2D eigenvalue weighted by Crippen LogP contribution is 2.45. The van der Waals surface area contributed by atoms with Crippen LogP contribution in [-0.4, -0.2) is 6.04 Å². The fourth-order valence-corrected chi connectivity index (χ4v) is 3.31. The van der Waals surface area contributed by atoms with Crippen molar-refractivity contribution in [1.29, 1.82) is 5.26 Å². The fraction of sp³-hybridized carbons (Fsp3) is 0.500. The lowest BCUT2D eigenvalue weighted by molar-refractivity contribution is 0.440. The number of hydrogen-bond acceptors (Lipinski definition) is 2. The molecular weight excluding hydrogens is 196 g/mol. The van der Waals surface area contributed by atoms with E-state index in [1.54, 1.807) is 0 Å². The highest BCUT2D eigenvalue weighted by molar-refractivity contribution is 5.50. The van der Waals surface area contributed by atoms with E-state index in [0.717, 1.165) is 23.1 Å². The molecule has 0 amide bonds. The molecule has 1 aromatic carbocycles. The first kappa shape index (κ1) is 9.72. The summed E-state index contributed by atoms with van der Waals surface area (Å²) in [6.45, 7) is 0. The van der Waals surface area contributed by atoms with Gasteiger partial charge in [0.2, 0.25) is 0 Å². The smallest absolute Gasteiger partial charge is 0.0992 e. The molecule has 2 nitrogen and oxygen atoms in total. The first-order chi connectivity index (χ1) is 7.85. The van der Waals surface area contributed by atoms with Crippen LogP contribution >= 0.6 is 0 Å². The van der Waals surface area contributed by atoms with Gasteiger partial charge in [-0.25, -0.2) is 0 Å². The van der Waals surface area contributed by atoms with E-state index in [4.69, 9.17) is 5.26 Å². The summed E-state index contributed by atoms with van der Waals surface area (Å²) in [6, 6.07) is 10.7. The molecule has 1 N–H and O–H groups in total. The first-order valence-electron chi connectivity index (χ1n) is 6.12. The van der Waals surface area contributed by atoms with Crippen LogP contribution in [0.15, 0.2) is 24.3 Å². The standard InChI is InChI=1S/C14H16N2/c15-9-11-2-1-3-13(7-11)16-14-8-10-4-5-12(14)6-10/h1-3,7,10,12,14,16H,4-6,8H2. The van der Waals surface area contributed by atoms with Crippen LogP contribution in [0.1, 0.15) is 31.2 Å². The van der Waals surface area contributed by atoms with Crippen LogP contribution in [0.3, 0.4) is 0 Å². The van der Waals surface area contributed by atoms with Gasteiger partial charge in [0.05, 0.1) is 11.6 Å². The molecule has 82 valence electrons. The minimum atomic E-state index is 0.646. The van der Waals surface area contributed by atoms with Gasteiger partial charge in [0.1, 0.15) is 0 Å². The zero-order chi connectivity index (χ0) is 11.0. The normalized spacial score (nSPS) is 31.3. The Balaban J connectivity index is 1.72. The molecule has 2 fully saturated rings. The molecule has 16 heavy (non-hydrogen) atoms. The Morgan fingerprint density at radius 1 is 1.25 bits per heavy atom. The van der Waals surface area contributed by atoms with Crippen molar-refractivity contribution >= 4 is 5.69 Å². The molecule has 0 radical (unpaired) electrons. The van der Waals surface area contributed by atoms with Gasteiger partial charge in [-0.05, 0) is 49.3 Å². The number of fused-ring (bicyclic) bond motifs is 2. The van der Waals surface area contributed by atoms with Gasteiger partial charge < -0.3 is 5.32 Å². The maximum absolute atomic E-state index is 8.85. The van der Waals surface area contributed by atoms with Crippen LogP contribution in [0, 0.1) is 23.2 Å². The predicted molar refractivity (Wildman–Crippen MR) is 64.0 cm³/mol. The van der Waals surface area contributed by atoms with Crippen molar-refractivity contribution in [3.05, 3.63) is 29.8 Å². The topological polar surface area (TPSA) is 35.8 Å². The second kappa shape index (κ2) is 3.83. The van der Waals surface area contributed by atoms with E-state index in [9.17, 15) is 0 Å². The third-order valence-corrected chi connectivity index (χ3v) is 4.08. The summed E-state index contributed by atoms with van der Waals surface area (Å²) in [5, 5.41) is 12.4. The summed E-state index contributed by atoms with van der Waals surface area (Å²) in [5.74, 6) is 1.83. The predicted octanol–water partition coefficient (Wildman–Crippen LogP) is 3.16. The van der Waals surface area contributed by atoms with Gasteiger partial charge >= 0.3 is 0 Å². The summed E-state index contributed by atoms with van der Waals surface area (Å²) >= 11 is 0. The Hall–Kier alpha value is -1.49. The second-order valence-corrected chi connectivity index (χ2v) is 5.12. The SMILES string of the molecule is N#Cc1cccc(NC2CC3CCC2C3)c1. The van der Waals surface area contributed by atoms with Crippen molar-refractivity contribution in [2.45, 2.75) is 31.7 Å². The van der Waals surface area contributed by atoms with Crippen molar-refractivity contribution in [3.8, 4) is 6.07 Å². The molecule has 2 aliphatic carbocycles. The average molecular weight is 212 g/mol. The molecule has 0 spiro atoms. The Kier molecular flexibility index (Phi) is 2.32. The van der Waals surface area contributed by atoms with Crippen LogP contribution in [0.2, 0.25) is 0 Å². The van der Waals surface area contributed by atoms with E-state index in [2.05, 4.69) is 17.5 Å². The summed E-state index contributed by atoms with van der Waals surface area (Å²) in [4.78, 5) is 0. The van der Waals surface area contributed by atoms with Gasteiger partial charge in [0.25, 0.3) is 0 Å². The molecule has 0 heterocycles. The number of nitriles is 1. The fourth-order valence-electron chi connectivity index (χ4n) is 3.31. The third kappa shape index (κ3) is 1.67. The van der Waals surface area contributed by atoms with Crippen LogP contribution in [0.25, 0.3) is 0 Å². The van der Waals surface area contributed by atoms with Crippen LogP contribution < -0.4 is 5.32 Å². The highest BCUT2D eigenvalue weighted by atomic mass is 14.9. The Labute approximate surface area is 96.3 Å². The Bertz CT molecular complexity index is 433. The molecule has 0 saturated heterocycles. The summed E-state index contributed by atoms with van der Waals surface area (Å²) in [5.41, 5.74) is 1.85. The number of rotatable bonds is 2. The Morgan fingerprint density at radius 2 is 2.19 bits per heavy atom. The molecule has 1 aromatic rings. The van der Waals surface area contributed by atoms with Crippen molar-refractivity contribution < 1.29 is 0 Å². The third-order valence-electron chi connectivity index (χ3n) is 4.08. The highest BCUT2D eigenvalue weighted by Gasteiger charge is 2.39. The van der Waals surface area contributed by atoms with Crippen molar-refractivity contribution in [2.75, 3.05) is 5.32 Å². The van der Waals surface area contributed by atoms with Crippen LogP contribution in [0.4, 0.5) is 5.69 Å². The van der Waals surface area contributed by atoms with Gasteiger partial charge in [-0.2, -0.15) is 5.26 Å². The van der Waals surface area contributed by atoms with E-state index < -0.39 is 0 Å². The molecule has 0 aromatic heterocycles. The number of anilines is 1. The van der Waals surface area contributed by atoms with E-state index in [1.807, 2.05) is 18.2 Å². The first-order valence-corrected chi connectivity index (χ1v) is 6.12. The lowest BCUT2D eigenvalue weighted by atomic mass is 9.95. The molecule has 3 unspecified atom stereocenters. The maximum Gasteiger partial charge on any atom is 0.0992 e. The van der Waals surface area contributed by atoms with Crippen molar-refractivity contribution in [3.63, 3.8) is 0 Å². The molecule has 3 atom stereocenters. The molecule has 2 saturated carbocycles. The van der Waals surface area contributed by atoms with E-state index >= 15 is 0 Å². The van der Waals surface area contributed by atoms with Crippen molar-refractivity contribution in [1.82, 2.24) is 0 Å². The van der Waals surface area contributed by atoms with Crippen LogP contribution in [0.5, 0.6) is 0 Å². The number of nitrogens with zero attached hydrogens (tertiary/aromatic N) is 1. The molecule has 2 bridgehead atoms. The van der Waals surface area contributed by atoms with Gasteiger partial charge in [0, 0.05) is 11.7 Å². The Morgan fingerprint density at radius 3 is 2.88 bits per heavy atom. The minimum absolute atomic E-state index is 0.646. The average Bonchev–Trinajstić information content (AvgIpc) is 2.91. The maximum atomic E-state index is 8.85. The number of hydrogen-bond donors (Lipinski definition) is 1. The van der Waals surface area contributed by atoms with Gasteiger partial charge in [-0.15, -0.1) is 0 Å². The van der Waals surface area contributed by atoms with Crippen molar-refractivity contribution in [2.24, 2.45) is 11.8 Å². The minimum Gasteiger partial charge on any atom is -0.382 e. The second-order valence-electron chi connectivity index (χ2n) is 5.12.